The van der Waals surface area contributed by atoms with Gasteiger partial charge in [-0.3, -0.25) is 4.79 Å². The lowest BCUT2D eigenvalue weighted by molar-refractivity contribution is -0.122. The molecule has 1 heterocycles. The first-order valence-corrected chi connectivity index (χ1v) is 10.00. The Balaban J connectivity index is 1.66. The molecule has 150 valence electrons. The number of amides is 1. The molecule has 0 saturated carbocycles. The van der Waals surface area contributed by atoms with Crippen LogP contribution in [0.5, 0.6) is 17.5 Å². The van der Waals surface area contributed by atoms with Crippen molar-refractivity contribution < 1.29 is 14.3 Å². The van der Waals surface area contributed by atoms with Gasteiger partial charge in [-0.15, -0.1) is 0 Å². The number of aryl methyl sites for hydroxylation is 2. The number of carbonyl (C=O) groups excluding carboxylic acids is 1. The second kappa shape index (κ2) is 9.24. The monoisotopic (exact) mass is 475 g/mol. The smallest absolute Gasteiger partial charge is 0.322 e. The predicted octanol–water partition coefficient (Wildman–Crippen LogP) is 5.71. The molecule has 6 nitrogen and oxygen atoms in total. The summed E-state index contributed by atoms with van der Waals surface area (Å²) in [5.41, 5.74) is 2.20. The second-order valence-corrected chi connectivity index (χ2v) is 7.68. The van der Waals surface area contributed by atoms with Gasteiger partial charge < -0.3 is 14.8 Å². The summed E-state index contributed by atoms with van der Waals surface area (Å²) in [6.07, 6.45) is -0.722. The van der Waals surface area contributed by atoms with Gasteiger partial charge in [0.05, 0.1) is 4.47 Å². The molecule has 0 spiro atoms. The Hall–Kier alpha value is -2.64. The maximum atomic E-state index is 12.5. The Labute approximate surface area is 182 Å². The number of hydrogen-bond donors (Lipinski definition) is 1. The van der Waals surface area contributed by atoms with E-state index in [2.05, 4.69) is 31.2 Å². The van der Waals surface area contributed by atoms with Gasteiger partial charge in [-0.2, -0.15) is 0 Å². The van der Waals surface area contributed by atoms with Gasteiger partial charge in [0.2, 0.25) is 0 Å². The van der Waals surface area contributed by atoms with Crippen LogP contribution in [0.25, 0.3) is 0 Å². The summed E-state index contributed by atoms with van der Waals surface area (Å²) < 4.78 is 12.1. The minimum atomic E-state index is -0.722. The van der Waals surface area contributed by atoms with Gasteiger partial charge in [-0.1, -0.05) is 17.7 Å². The molecule has 1 N–H and O–H groups in total. The van der Waals surface area contributed by atoms with E-state index < -0.39 is 6.10 Å². The van der Waals surface area contributed by atoms with E-state index in [0.717, 1.165) is 11.4 Å². The van der Waals surface area contributed by atoms with Crippen molar-refractivity contribution in [1.82, 2.24) is 9.97 Å². The predicted molar refractivity (Wildman–Crippen MR) is 116 cm³/mol. The molecule has 0 saturated heterocycles. The minimum Gasteiger partial charge on any atom is -0.480 e. The maximum absolute atomic E-state index is 12.5. The van der Waals surface area contributed by atoms with E-state index in [-0.39, 0.29) is 11.9 Å². The number of aromatic nitrogens is 2. The zero-order valence-electron chi connectivity index (χ0n) is 16.1. The summed E-state index contributed by atoms with van der Waals surface area (Å²) in [5, 5.41) is 3.39. The molecule has 2 aromatic carbocycles. The molecule has 1 amide bonds. The Kier molecular flexibility index (Phi) is 6.71. The first kappa shape index (κ1) is 21.1. The standard InChI is InChI=1S/C21H19BrClN3O3/c1-12-9-13(2)25-21(24-12)29-17-6-4-5-16(11-17)26-20(27)14(3)28-19-8-7-15(23)10-18(19)22/h4-11,14H,1-3H3,(H,26,27). The Morgan fingerprint density at radius 2 is 1.83 bits per heavy atom. The largest absolute Gasteiger partial charge is 0.480 e. The SMILES string of the molecule is Cc1cc(C)nc(Oc2cccc(NC(=O)C(C)Oc3ccc(Cl)cc3Br)c2)n1. The number of anilines is 1. The van der Waals surface area contributed by atoms with E-state index in [1.807, 2.05) is 19.9 Å². The van der Waals surface area contributed by atoms with Crippen LogP contribution in [0.1, 0.15) is 18.3 Å². The lowest BCUT2D eigenvalue weighted by Crippen LogP contribution is -2.30. The van der Waals surface area contributed by atoms with E-state index in [4.69, 9.17) is 21.1 Å². The number of ether oxygens (including phenoxy) is 2. The third-order valence-electron chi connectivity index (χ3n) is 3.84. The van der Waals surface area contributed by atoms with Crippen LogP contribution < -0.4 is 14.8 Å². The van der Waals surface area contributed by atoms with Crippen LogP contribution in [-0.4, -0.2) is 22.0 Å². The van der Waals surface area contributed by atoms with Crippen LogP contribution in [0.3, 0.4) is 0 Å². The molecule has 8 heteroatoms. The van der Waals surface area contributed by atoms with E-state index in [9.17, 15) is 4.79 Å². The topological polar surface area (TPSA) is 73.3 Å². The average Bonchev–Trinajstić information content (AvgIpc) is 2.63. The summed E-state index contributed by atoms with van der Waals surface area (Å²) in [7, 11) is 0. The molecule has 0 aliphatic heterocycles. The lowest BCUT2D eigenvalue weighted by atomic mass is 10.2. The highest BCUT2D eigenvalue weighted by Crippen LogP contribution is 2.29. The van der Waals surface area contributed by atoms with Crippen LogP contribution in [0, 0.1) is 13.8 Å². The van der Waals surface area contributed by atoms with E-state index in [1.165, 1.54) is 0 Å². The lowest BCUT2D eigenvalue weighted by Gasteiger charge is -2.16. The van der Waals surface area contributed by atoms with E-state index in [1.54, 1.807) is 49.4 Å². The summed E-state index contributed by atoms with van der Waals surface area (Å²) in [5.74, 6) is 0.745. The summed E-state index contributed by atoms with van der Waals surface area (Å²) in [6, 6.07) is 14.2. The van der Waals surface area contributed by atoms with Crippen molar-refractivity contribution in [3.63, 3.8) is 0 Å². The van der Waals surface area contributed by atoms with Gasteiger partial charge in [-0.05, 0) is 73.1 Å². The highest BCUT2D eigenvalue weighted by Gasteiger charge is 2.17. The zero-order chi connectivity index (χ0) is 21.0. The first-order chi connectivity index (χ1) is 13.8. The molecule has 29 heavy (non-hydrogen) atoms. The fourth-order valence-corrected chi connectivity index (χ4v) is 3.32. The van der Waals surface area contributed by atoms with Crippen molar-refractivity contribution in [3.8, 4) is 17.5 Å². The van der Waals surface area contributed by atoms with Crippen molar-refractivity contribution >= 4 is 39.1 Å². The Morgan fingerprint density at radius 3 is 2.52 bits per heavy atom. The van der Waals surface area contributed by atoms with Crippen LogP contribution >= 0.6 is 27.5 Å². The van der Waals surface area contributed by atoms with Gasteiger partial charge in [0.25, 0.3) is 5.91 Å². The normalized spacial score (nSPS) is 11.6. The Morgan fingerprint density at radius 1 is 1.10 bits per heavy atom. The molecule has 0 radical (unpaired) electrons. The van der Waals surface area contributed by atoms with Crippen LogP contribution in [0.4, 0.5) is 5.69 Å². The van der Waals surface area contributed by atoms with Crippen LogP contribution in [0.2, 0.25) is 5.02 Å². The summed E-state index contributed by atoms with van der Waals surface area (Å²) >= 11 is 9.30. The molecule has 0 aliphatic rings. The molecular formula is C21H19BrClN3O3. The van der Waals surface area contributed by atoms with Crippen molar-refractivity contribution in [2.24, 2.45) is 0 Å². The molecule has 1 aromatic heterocycles. The molecule has 0 bridgehead atoms. The number of halogens is 2. The van der Waals surface area contributed by atoms with E-state index in [0.29, 0.717) is 26.7 Å². The minimum absolute atomic E-state index is 0.260. The second-order valence-electron chi connectivity index (χ2n) is 6.39. The van der Waals surface area contributed by atoms with Crippen molar-refractivity contribution in [3.05, 3.63) is 69.4 Å². The molecule has 3 aromatic rings. The highest BCUT2D eigenvalue weighted by atomic mass is 79.9. The number of carbonyl (C=O) groups is 1. The van der Waals surface area contributed by atoms with Crippen molar-refractivity contribution in [2.75, 3.05) is 5.32 Å². The first-order valence-electron chi connectivity index (χ1n) is 8.83. The third kappa shape index (κ3) is 5.92. The Bertz CT molecular complexity index is 1030. The molecule has 1 unspecified atom stereocenters. The van der Waals surface area contributed by atoms with Gasteiger partial charge in [-0.25, -0.2) is 9.97 Å². The third-order valence-corrected chi connectivity index (χ3v) is 4.69. The average molecular weight is 477 g/mol. The quantitative estimate of drug-likeness (QED) is 0.493. The molecule has 0 fully saturated rings. The van der Waals surface area contributed by atoms with Crippen LogP contribution in [0.15, 0.2) is 53.0 Å². The van der Waals surface area contributed by atoms with Gasteiger partial charge in [0.1, 0.15) is 11.5 Å². The fourth-order valence-electron chi connectivity index (χ4n) is 2.54. The fraction of sp³-hybridized carbons (Fsp3) is 0.190. The molecular weight excluding hydrogens is 458 g/mol. The number of nitrogens with zero attached hydrogens (tertiary/aromatic N) is 2. The van der Waals surface area contributed by atoms with Gasteiger partial charge >= 0.3 is 6.01 Å². The van der Waals surface area contributed by atoms with Gasteiger partial charge in [0, 0.05) is 28.2 Å². The molecule has 1 atom stereocenters. The number of nitrogens with one attached hydrogen (secondary N) is 1. The zero-order valence-corrected chi connectivity index (χ0v) is 18.4. The number of hydrogen-bond acceptors (Lipinski definition) is 5. The number of benzene rings is 2. The maximum Gasteiger partial charge on any atom is 0.322 e. The summed E-state index contributed by atoms with van der Waals surface area (Å²) in [6.45, 7) is 5.41. The van der Waals surface area contributed by atoms with E-state index >= 15 is 0 Å². The summed E-state index contributed by atoms with van der Waals surface area (Å²) in [4.78, 5) is 21.0. The van der Waals surface area contributed by atoms with Crippen molar-refractivity contribution in [2.45, 2.75) is 26.9 Å². The van der Waals surface area contributed by atoms with Gasteiger partial charge in [0.15, 0.2) is 6.10 Å². The van der Waals surface area contributed by atoms with Crippen LogP contribution in [-0.2, 0) is 4.79 Å². The van der Waals surface area contributed by atoms with Crippen molar-refractivity contribution in [1.29, 1.82) is 0 Å². The number of rotatable bonds is 6. The highest BCUT2D eigenvalue weighted by molar-refractivity contribution is 9.10. The molecule has 0 aliphatic carbocycles. The molecule has 3 rings (SSSR count).